The minimum Gasteiger partial charge on any atom is -0.345 e. The van der Waals surface area contributed by atoms with E-state index in [-0.39, 0.29) is 0 Å². The van der Waals surface area contributed by atoms with Crippen molar-refractivity contribution in [1.82, 2.24) is 10.3 Å². The highest BCUT2D eigenvalue weighted by Crippen LogP contribution is 2.40. The van der Waals surface area contributed by atoms with Crippen LogP contribution in [0.3, 0.4) is 0 Å². The van der Waals surface area contributed by atoms with Crippen molar-refractivity contribution in [3.05, 3.63) is 11.1 Å². The number of hydrogen-bond donors (Lipinski definition) is 1. The second-order valence-corrected chi connectivity index (χ2v) is 6.33. The molecule has 2 unspecified atom stereocenters. The topological polar surface area (TPSA) is 28.2 Å². The van der Waals surface area contributed by atoms with Crippen LogP contribution in [-0.2, 0) is 6.54 Å². The maximum atomic E-state index is 4.62. The zero-order valence-electron chi connectivity index (χ0n) is 10.5. The molecule has 3 rings (SSSR count). The van der Waals surface area contributed by atoms with Crippen LogP contribution in [0.25, 0.3) is 0 Å². The lowest BCUT2D eigenvalue weighted by Gasteiger charge is -2.37. The van der Waals surface area contributed by atoms with Gasteiger partial charge in [-0.2, -0.15) is 0 Å². The summed E-state index contributed by atoms with van der Waals surface area (Å²) in [6.45, 7) is 2.16. The number of hydrogen-bond acceptors (Lipinski definition) is 4. The number of aromatic nitrogens is 1. The number of thiazole rings is 1. The second kappa shape index (κ2) is 4.94. The summed E-state index contributed by atoms with van der Waals surface area (Å²) in [4.78, 5) is 8.56. The number of rotatable bonds is 3. The lowest BCUT2D eigenvalue weighted by Crippen LogP contribution is -2.42. The lowest BCUT2D eigenvalue weighted by atomic mass is 9.92. The Labute approximate surface area is 107 Å². The van der Waals surface area contributed by atoms with Crippen molar-refractivity contribution in [3.63, 3.8) is 0 Å². The minimum atomic E-state index is 0.789. The van der Waals surface area contributed by atoms with E-state index in [1.165, 1.54) is 48.7 Å². The van der Waals surface area contributed by atoms with E-state index in [4.69, 9.17) is 0 Å². The van der Waals surface area contributed by atoms with E-state index in [1.807, 2.05) is 24.6 Å². The molecule has 17 heavy (non-hydrogen) atoms. The summed E-state index contributed by atoms with van der Waals surface area (Å²) in [7, 11) is 1.99. The van der Waals surface area contributed by atoms with Crippen LogP contribution < -0.4 is 10.2 Å². The molecule has 2 fully saturated rings. The molecule has 1 aliphatic carbocycles. The molecule has 1 N–H and O–H groups in total. The van der Waals surface area contributed by atoms with Crippen molar-refractivity contribution < 1.29 is 0 Å². The van der Waals surface area contributed by atoms with Gasteiger partial charge < -0.3 is 10.2 Å². The average molecular weight is 251 g/mol. The highest BCUT2D eigenvalue weighted by atomic mass is 32.1. The molecular formula is C13H21N3S. The van der Waals surface area contributed by atoms with E-state index >= 15 is 0 Å². The molecule has 0 bridgehead atoms. The summed E-state index contributed by atoms with van der Waals surface area (Å²) in [5.74, 6) is 0.945. The first-order valence-electron chi connectivity index (χ1n) is 6.74. The van der Waals surface area contributed by atoms with E-state index < -0.39 is 0 Å². The van der Waals surface area contributed by atoms with Crippen LogP contribution in [0.2, 0.25) is 0 Å². The Morgan fingerprint density at radius 3 is 3.18 bits per heavy atom. The van der Waals surface area contributed by atoms with Gasteiger partial charge in [0.2, 0.25) is 0 Å². The Balaban J connectivity index is 1.77. The fourth-order valence-corrected chi connectivity index (χ4v) is 4.38. The molecule has 2 heterocycles. The van der Waals surface area contributed by atoms with E-state index in [1.54, 1.807) is 0 Å². The van der Waals surface area contributed by atoms with Gasteiger partial charge in [0.25, 0.3) is 0 Å². The van der Waals surface area contributed by atoms with Crippen LogP contribution in [-0.4, -0.2) is 24.6 Å². The summed E-state index contributed by atoms with van der Waals surface area (Å²) >= 11 is 1.87. The van der Waals surface area contributed by atoms with Crippen LogP contribution in [0.15, 0.2) is 6.20 Å². The summed E-state index contributed by atoms with van der Waals surface area (Å²) in [6.07, 6.45) is 9.06. The molecule has 1 saturated heterocycles. The van der Waals surface area contributed by atoms with Gasteiger partial charge in [-0.15, -0.1) is 11.3 Å². The third kappa shape index (κ3) is 2.20. The standard InChI is InChI=1S/C13H21N3S/c1-14-8-11-9-15-13(17-11)16-7-3-5-10-4-2-6-12(10)16/h9-10,12,14H,2-8H2,1H3. The van der Waals surface area contributed by atoms with E-state index in [9.17, 15) is 0 Å². The maximum absolute atomic E-state index is 4.62. The molecule has 2 atom stereocenters. The number of nitrogens with one attached hydrogen (secondary N) is 1. The molecule has 0 spiro atoms. The van der Waals surface area contributed by atoms with Gasteiger partial charge in [0, 0.05) is 30.2 Å². The van der Waals surface area contributed by atoms with Crippen molar-refractivity contribution >= 4 is 16.5 Å². The van der Waals surface area contributed by atoms with Crippen molar-refractivity contribution in [2.45, 2.75) is 44.7 Å². The first-order valence-corrected chi connectivity index (χ1v) is 7.56. The molecule has 2 aliphatic rings. The fourth-order valence-electron chi connectivity index (χ4n) is 3.38. The Kier molecular flexibility index (Phi) is 3.34. The lowest BCUT2D eigenvalue weighted by molar-refractivity contribution is 0.362. The number of anilines is 1. The highest BCUT2D eigenvalue weighted by molar-refractivity contribution is 7.15. The van der Waals surface area contributed by atoms with Crippen LogP contribution >= 0.6 is 11.3 Å². The number of nitrogens with zero attached hydrogens (tertiary/aromatic N) is 2. The Morgan fingerprint density at radius 2 is 2.29 bits per heavy atom. The first kappa shape index (κ1) is 11.5. The Morgan fingerprint density at radius 1 is 1.41 bits per heavy atom. The molecule has 1 aromatic rings. The second-order valence-electron chi connectivity index (χ2n) is 5.23. The third-order valence-electron chi connectivity index (χ3n) is 4.13. The number of piperidine rings is 1. The molecule has 3 nitrogen and oxygen atoms in total. The molecule has 1 aromatic heterocycles. The highest BCUT2D eigenvalue weighted by Gasteiger charge is 2.36. The summed E-state index contributed by atoms with van der Waals surface area (Å²) in [6, 6.07) is 0.789. The van der Waals surface area contributed by atoms with E-state index in [0.717, 1.165) is 18.5 Å². The molecule has 1 aliphatic heterocycles. The van der Waals surface area contributed by atoms with Crippen molar-refractivity contribution in [3.8, 4) is 0 Å². The van der Waals surface area contributed by atoms with Crippen LogP contribution in [0.4, 0.5) is 5.13 Å². The minimum absolute atomic E-state index is 0.789. The normalized spacial score (nSPS) is 28.4. The van der Waals surface area contributed by atoms with Gasteiger partial charge in [-0.3, -0.25) is 0 Å². The summed E-state index contributed by atoms with van der Waals surface area (Å²) in [5.41, 5.74) is 0. The molecule has 94 valence electrons. The molecule has 4 heteroatoms. The Bertz CT molecular complexity index is 376. The predicted molar refractivity (Wildman–Crippen MR) is 72.6 cm³/mol. The fraction of sp³-hybridized carbons (Fsp3) is 0.769. The third-order valence-corrected chi connectivity index (χ3v) is 5.17. The van der Waals surface area contributed by atoms with Crippen molar-refractivity contribution in [2.75, 3.05) is 18.5 Å². The van der Waals surface area contributed by atoms with Crippen LogP contribution in [0, 0.1) is 5.92 Å². The zero-order chi connectivity index (χ0) is 11.7. The van der Waals surface area contributed by atoms with Gasteiger partial charge in [0.15, 0.2) is 5.13 Å². The van der Waals surface area contributed by atoms with E-state index in [0.29, 0.717) is 0 Å². The molecule has 0 aromatic carbocycles. The SMILES string of the molecule is CNCc1cnc(N2CCCC3CCCC32)s1. The summed E-state index contributed by atoms with van der Waals surface area (Å²) in [5, 5.41) is 4.45. The van der Waals surface area contributed by atoms with Gasteiger partial charge >= 0.3 is 0 Å². The van der Waals surface area contributed by atoms with Crippen molar-refractivity contribution in [2.24, 2.45) is 5.92 Å². The van der Waals surface area contributed by atoms with E-state index in [2.05, 4.69) is 15.2 Å². The van der Waals surface area contributed by atoms with Gasteiger partial charge in [-0.1, -0.05) is 6.42 Å². The smallest absolute Gasteiger partial charge is 0.185 e. The predicted octanol–water partition coefficient (Wildman–Crippen LogP) is 2.63. The molecule has 0 amide bonds. The van der Waals surface area contributed by atoms with Crippen LogP contribution in [0.5, 0.6) is 0 Å². The van der Waals surface area contributed by atoms with Gasteiger partial charge in [0.1, 0.15) is 0 Å². The summed E-state index contributed by atoms with van der Waals surface area (Å²) < 4.78 is 0. The number of fused-ring (bicyclic) bond motifs is 1. The quantitative estimate of drug-likeness (QED) is 0.895. The monoisotopic (exact) mass is 251 g/mol. The average Bonchev–Trinajstić information content (AvgIpc) is 2.96. The van der Waals surface area contributed by atoms with Gasteiger partial charge in [0.05, 0.1) is 0 Å². The molecule has 1 saturated carbocycles. The van der Waals surface area contributed by atoms with Gasteiger partial charge in [-0.05, 0) is 38.6 Å². The van der Waals surface area contributed by atoms with Crippen molar-refractivity contribution in [1.29, 1.82) is 0 Å². The van der Waals surface area contributed by atoms with Gasteiger partial charge in [-0.25, -0.2) is 4.98 Å². The Hall–Kier alpha value is -0.610. The molecule has 0 radical (unpaired) electrons. The van der Waals surface area contributed by atoms with Crippen LogP contribution in [0.1, 0.15) is 37.0 Å². The maximum Gasteiger partial charge on any atom is 0.185 e. The largest absolute Gasteiger partial charge is 0.345 e. The molecular weight excluding hydrogens is 230 g/mol. The zero-order valence-corrected chi connectivity index (χ0v) is 11.3. The first-order chi connectivity index (χ1) is 8.38.